The van der Waals surface area contributed by atoms with Gasteiger partial charge in [-0.1, -0.05) is 0 Å². The van der Waals surface area contributed by atoms with Crippen molar-refractivity contribution in [2.45, 2.75) is 6.36 Å². The molecule has 0 amide bonds. The highest BCUT2D eigenvalue weighted by Gasteiger charge is 2.31. The van der Waals surface area contributed by atoms with Gasteiger partial charge in [-0.3, -0.25) is 4.98 Å². The summed E-state index contributed by atoms with van der Waals surface area (Å²) in [6.45, 7) is 0. The quantitative estimate of drug-likeness (QED) is 0.677. The summed E-state index contributed by atoms with van der Waals surface area (Å²) >= 11 is 0. The van der Waals surface area contributed by atoms with Gasteiger partial charge in [0.25, 0.3) is 0 Å². The summed E-state index contributed by atoms with van der Waals surface area (Å²) in [5.74, 6) is -1.03. The van der Waals surface area contributed by atoms with Crippen LogP contribution in [0.2, 0.25) is 0 Å². The van der Waals surface area contributed by atoms with Gasteiger partial charge in [-0.2, -0.15) is 0 Å². The maximum atomic E-state index is 12.3. The van der Waals surface area contributed by atoms with Gasteiger partial charge < -0.3 is 15.2 Å². The molecule has 0 aliphatic rings. The summed E-state index contributed by atoms with van der Waals surface area (Å²) in [6, 6.07) is 9.92. The molecular formula is C19H14F3N3O3. The molecule has 28 heavy (non-hydrogen) atoms. The van der Waals surface area contributed by atoms with Crippen LogP contribution in [0.25, 0.3) is 22.5 Å². The molecular weight excluding hydrogens is 375 g/mol. The zero-order valence-corrected chi connectivity index (χ0v) is 14.5. The Hall–Kier alpha value is -3.62. The van der Waals surface area contributed by atoms with Gasteiger partial charge in [0, 0.05) is 23.5 Å². The number of benzene rings is 1. The number of rotatable bonds is 4. The highest BCUT2D eigenvalue weighted by molar-refractivity contribution is 5.99. The summed E-state index contributed by atoms with van der Waals surface area (Å²) in [5.41, 5.74) is 7.96. The van der Waals surface area contributed by atoms with Crippen molar-refractivity contribution in [3.8, 4) is 28.3 Å². The number of pyridine rings is 2. The summed E-state index contributed by atoms with van der Waals surface area (Å²) in [6.07, 6.45) is -1.68. The molecule has 2 aromatic heterocycles. The molecule has 0 unspecified atom stereocenters. The molecule has 2 N–H and O–H groups in total. The molecule has 0 saturated heterocycles. The molecule has 2 heterocycles. The zero-order valence-electron chi connectivity index (χ0n) is 14.5. The number of carbonyl (C=O) groups is 1. The van der Waals surface area contributed by atoms with Crippen molar-refractivity contribution in [3.05, 3.63) is 60.4 Å². The Kier molecular flexibility index (Phi) is 5.16. The lowest BCUT2D eigenvalue weighted by Crippen LogP contribution is -2.16. The topological polar surface area (TPSA) is 87.3 Å². The first kappa shape index (κ1) is 19.2. The molecule has 0 bridgehead atoms. The third kappa shape index (κ3) is 4.20. The molecule has 0 saturated carbocycles. The SMILES string of the molecule is COC(=O)c1cc(-c2ccc(OC(F)(F)F)cc2)nc(-c2cccnc2)c1N. The lowest BCUT2D eigenvalue weighted by atomic mass is 10.0. The average Bonchev–Trinajstić information content (AvgIpc) is 2.68. The van der Waals surface area contributed by atoms with E-state index in [0.717, 1.165) is 12.1 Å². The van der Waals surface area contributed by atoms with Crippen LogP contribution in [-0.4, -0.2) is 29.4 Å². The predicted octanol–water partition coefficient (Wildman–Crippen LogP) is 4.08. The van der Waals surface area contributed by atoms with Crippen LogP contribution in [0.3, 0.4) is 0 Å². The minimum atomic E-state index is -4.79. The molecule has 3 aromatic rings. The maximum Gasteiger partial charge on any atom is 0.573 e. The van der Waals surface area contributed by atoms with E-state index < -0.39 is 12.3 Å². The van der Waals surface area contributed by atoms with Crippen LogP contribution in [0.4, 0.5) is 18.9 Å². The highest BCUT2D eigenvalue weighted by atomic mass is 19.4. The van der Waals surface area contributed by atoms with Crippen LogP contribution in [0.15, 0.2) is 54.9 Å². The minimum Gasteiger partial charge on any atom is -0.465 e. The number of aromatic nitrogens is 2. The Morgan fingerprint density at radius 3 is 2.39 bits per heavy atom. The van der Waals surface area contributed by atoms with Crippen LogP contribution in [0, 0.1) is 0 Å². The summed E-state index contributed by atoms with van der Waals surface area (Å²) in [4.78, 5) is 20.6. The molecule has 0 atom stereocenters. The highest BCUT2D eigenvalue weighted by Crippen LogP contribution is 2.32. The zero-order chi connectivity index (χ0) is 20.3. The number of ether oxygens (including phenoxy) is 2. The molecule has 0 radical (unpaired) electrons. The second-order valence-corrected chi connectivity index (χ2v) is 5.62. The Morgan fingerprint density at radius 1 is 1.11 bits per heavy atom. The molecule has 1 aromatic carbocycles. The van der Waals surface area contributed by atoms with Crippen LogP contribution < -0.4 is 10.5 Å². The van der Waals surface area contributed by atoms with E-state index >= 15 is 0 Å². The molecule has 0 fully saturated rings. The third-order valence-electron chi connectivity index (χ3n) is 3.78. The number of hydrogen-bond acceptors (Lipinski definition) is 6. The lowest BCUT2D eigenvalue weighted by molar-refractivity contribution is -0.274. The van der Waals surface area contributed by atoms with Crippen molar-refractivity contribution in [2.24, 2.45) is 0 Å². The molecule has 6 nitrogen and oxygen atoms in total. The molecule has 0 spiro atoms. The van der Waals surface area contributed by atoms with E-state index in [1.807, 2.05) is 0 Å². The number of carbonyl (C=O) groups excluding carboxylic acids is 1. The number of methoxy groups -OCH3 is 1. The number of nitrogen functional groups attached to an aromatic ring is 1. The number of esters is 1. The molecule has 0 aliphatic heterocycles. The predicted molar refractivity (Wildman–Crippen MR) is 95.3 cm³/mol. The number of nitrogens with two attached hydrogens (primary N) is 1. The van der Waals surface area contributed by atoms with Gasteiger partial charge in [-0.25, -0.2) is 9.78 Å². The standard InChI is InChI=1S/C19H14F3N3O3/c1-27-18(26)14-9-15(11-4-6-13(7-5-11)28-19(20,21)22)25-17(16(14)23)12-3-2-8-24-10-12/h2-10H,23H2,1H3. The van der Waals surface area contributed by atoms with Crippen LogP contribution in [0.1, 0.15) is 10.4 Å². The fourth-order valence-electron chi connectivity index (χ4n) is 2.53. The summed E-state index contributed by atoms with van der Waals surface area (Å²) < 4.78 is 45.6. The van der Waals surface area contributed by atoms with E-state index in [-0.39, 0.29) is 17.0 Å². The Morgan fingerprint density at radius 2 is 1.82 bits per heavy atom. The molecule has 144 valence electrons. The van der Waals surface area contributed by atoms with Gasteiger partial charge >= 0.3 is 12.3 Å². The first-order valence-electron chi connectivity index (χ1n) is 7.94. The second kappa shape index (κ2) is 7.55. The van der Waals surface area contributed by atoms with E-state index in [1.54, 1.807) is 18.3 Å². The van der Waals surface area contributed by atoms with Gasteiger partial charge in [0.15, 0.2) is 0 Å². The minimum absolute atomic E-state index is 0.0852. The first-order chi connectivity index (χ1) is 13.3. The van der Waals surface area contributed by atoms with Crippen molar-refractivity contribution < 1.29 is 27.4 Å². The lowest BCUT2D eigenvalue weighted by Gasteiger charge is -2.13. The van der Waals surface area contributed by atoms with E-state index in [1.165, 1.54) is 31.5 Å². The van der Waals surface area contributed by atoms with Crippen molar-refractivity contribution in [1.82, 2.24) is 9.97 Å². The number of anilines is 1. The van der Waals surface area contributed by atoms with Crippen molar-refractivity contribution in [3.63, 3.8) is 0 Å². The van der Waals surface area contributed by atoms with Crippen LogP contribution in [0.5, 0.6) is 5.75 Å². The monoisotopic (exact) mass is 389 g/mol. The van der Waals surface area contributed by atoms with Crippen molar-refractivity contribution in [1.29, 1.82) is 0 Å². The number of nitrogens with zero attached hydrogens (tertiary/aromatic N) is 2. The average molecular weight is 389 g/mol. The number of hydrogen-bond donors (Lipinski definition) is 1. The van der Waals surface area contributed by atoms with Gasteiger partial charge in [0.2, 0.25) is 0 Å². The molecule has 9 heteroatoms. The van der Waals surface area contributed by atoms with E-state index in [2.05, 4.69) is 14.7 Å². The molecule has 0 aliphatic carbocycles. The normalized spacial score (nSPS) is 11.1. The first-order valence-corrected chi connectivity index (χ1v) is 7.94. The van der Waals surface area contributed by atoms with Crippen molar-refractivity contribution >= 4 is 11.7 Å². The van der Waals surface area contributed by atoms with E-state index in [0.29, 0.717) is 22.5 Å². The molecule has 3 rings (SSSR count). The van der Waals surface area contributed by atoms with Crippen LogP contribution in [-0.2, 0) is 4.74 Å². The third-order valence-corrected chi connectivity index (χ3v) is 3.78. The van der Waals surface area contributed by atoms with Crippen molar-refractivity contribution in [2.75, 3.05) is 12.8 Å². The van der Waals surface area contributed by atoms with Gasteiger partial charge in [-0.05, 0) is 42.5 Å². The largest absolute Gasteiger partial charge is 0.573 e. The summed E-state index contributed by atoms with van der Waals surface area (Å²) in [7, 11) is 1.22. The van der Waals surface area contributed by atoms with E-state index in [4.69, 9.17) is 10.5 Å². The fraction of sp³-hybridized carbons (Fsp3) is 0.105. The van der Waals surface area contributed by atoms with E-state index in [9.17, 15) is 18.0 Å². The van der Waals surface area contributed by atoms with Gasteiger partial charge in [0.1, 0.15) is 5.75 Å². The van der Waals surface area contributed by atoms with Gasteiger partial charge in [-0.15, -0.1) is 13.2 Å². The van der Waals surface area contributed by atoms with Crippen LogP contribution >= 0.6 is 0 Å². The fourth-order valence-corrected chi connectivity index (χ4v) is 2.53. The Labute approximate surface area is 157 Å². The Bertz CT molecular complexity index is 991. The Balaban J connectivity index is 2.09. The number of halogens is 3. The smallest absolute Gasteiger partial charge is 0.465 e. The summed E-state index contributed by atoms with van der Waals surface area (Å²) in [5, 5.41) is 0. The maximum absolute atomic E-state index is 12.3. The second-order valence-electron chi connectivity index (χ2n) is 5.62. The van der Waals surface area contributed by atoms with Gasteiger partial charge in [0.05, 0.1) is 29.7 Å². The number of alkyl halides is 3.